The molecule has 0 N–H and O–H groups in total. The van der Waals surface area contributed by atoms with Crippen molar-refractivity contribution in [2.45, 2.75) is 76.5 Å². The highest BCUT2D eigenvalue weighted by molar-refractivity contribution is 7.07. The molecular weight excluding hydrogens is 444 g/mol. The van der Waals surface area contributed by atoms with Gasteiger partial charge in [-0.05, 0) is 48.3 Å². The Balaban J connectivity index is 1.47. The molecule has 3 aromatic heterocycles. The Bertz CT molecular complexity index is 1090. The molecule has 0 unspecified atom stereocenters. The lowest BCUT2D eigenvalue weighted by Gasteiger charge is -2.39. The number of ether oxygens (including phenoxy) is 1. The molecule has 178 valence electrons. The van der Waals surface area contributed by atoms with Gasteiger partial charge in [0.2, 0.25) is 0 Å². The summed E-state index contributed by atoms with van der Waals surface area (Å²) in [6.07, 6.45) is 9.60. The van der Waals surface area contributed by atoms with Crippen LogP contribution >= 0.6 is 11.3 Å². The maximum absolute atomic E-state index is 5.56. The van der Waals surface area contributed by atoms with Gasteiger partial charge in [0, 0.05) is 47.9 Å². The van der Waals surface area contributed by atoms with Crippen LogP contribution in [-0.4, -0.2) is 59.7 Å². The van der Waals surface area contributed by atoms with E-state index < -0.39 is 8.24 Å². The minimum absolute atomic E-state index is 0.233. The molecule has 5 rings (SSSR count). The van der Waals surface area contributed by atoms with E-state index in [1.54, 1.807) is 11.3 Å². The Morgan fingerprint density at radius 2 is 1.79 bits per heavy atom. The molecule has 4 heterocycles. The molecule has 0 radical (unpaired) electrons. The number of pyridine rings is 1. The summed E-state index contributed by atoms with van der Waals surface area (Å²) < 4.78 is 8.08. The standard InChI is InChI=1S/C26H38N4OSSi/c1-26(2,3)33(4,5)30-16-23(24-17-32-18-28-24)22-14-20(15-27-25(22)30)19-6-8-21(9-7-19)29-10-12-31-13-11-29/h14-19,21H,6-13H2,1-5H3. The molecule has 2 fully saturated rings. The van der Waals surface area contributed by atoms with Crippen LogP contribution in [-0.2, 0) is 4.74 Å². The molecule has 7 heteroatoms. The summed E-state index contributed by atoms with van der Waals surface area (Å²) >= 11 is 1.67. The Kier molecular flexibility index (Phi) is 6.27. The first-order valence-corrected chi connectivity index (χ1v) is 16.4. The first-order chi connectivity index (χ1) is 15.8. The maximum Gasteiger partial charge on any atom is 0.163 e. The summed E-state index contributed by atoms with van der Waals surface area (Å²) in [4.78, 5) is 12.5. The molecule has 0 spiro atoms. The van der Waals surface area contributed by atoms with Gasteiger partial charge in [0.05, 0.1) is 24.4 Å². The predicted molar refractivity (Wildman–Crippen MR) is 141 cm³/mol. The van der Waals surface area contributed by atoms with Gasteiger partial charge in [-0.15, -0.1) is 11.3 Å². The van der Waals surface area contributed by atoms with Crippen LogP contribution in [0.2, 0.25) is 18.1 Å². The van der Waals surface area contributed by atoms with Crippen molar-refractivity contribution in [2.24, 2.45) is 0 Å². The van der Waals surface area contributed by atoms with E-state index in [4.69, 9.17) is 9.72 Å². The number of hydrogen-bond donors (Lipinski definition) is 0. The summed E-state index contributed by atoms with van der Waals surface area (Å²) in [6, 6.07) is 3.17. The number of thiazole rings is 1. The van der Waals surface area contributed by atoms with E-state index in [9.17, 15) is 0 Å². The highest BCUT2D eigenvalue weighted by Gasteiger charge is 2.39. The van der Waals surface area contributed by atoms with E-state index in [0.717, 1.165) is 43.7 Å². The molecule has 0 amide bonds. The van der Waals surface area contributed by atoms with E-state index >= 15 is 0 Å². The van der Waals surface area contributed by atoms with Gasteiger partial charge in [-0.2, -0.15) is 0 Å². The normalized spacial score (nSPS) is 23.3. The average molecular weight is 483 g/mol. The van der Waals surface area contributed by atoms with Gasteiger partial charge in [-0.25, -0.2) is 9.97 Å². The molecule has 1 aliphatic carbocycles. The SMILES string of the molecule is CC(C)(C)[Si](C)(C)n1cc(-c2cscn2)c2cc(C3CCC(N4CCOCC4)CC3)cnc21. The maximum atomic E-state index is 5.56. The van der Waals surface area contributed by atoms with Crippen LogP contribution in [0.25, 0.3) is 22.3 Å². The van der Waals surface area contributed by atoms with E-state index in [2.05, 4.69) is 71.8 Å². The van der Waals surface area contributed by atoms with Crippen molar-refractivity contribution in [3.63, 3.8) is 0 Å². The van der Waals surface area contributed by atoms with Crippen LogP contribution in [0.3, 0.4) is 0 Å². The first kappa shape index (κ1) is 23.2. The average Bonchev–Trinajstić information content (AvgIpc) is 3.47. The molecular formula is C26H38N4OSSi. The molecule has 2 aliphatic rings. The lowest BCUT2D eigenvalue weighted by Crippen LogP contribution is -2.45. The quantitative estimate of drug-likeness (QED) is 0.405. The van der Waals surface area contributed by atoms with Gasteiger partial charge in [0.1, 0.15) is 5.65 Å². The first-order valence-electron chi connectivity index (χ1n) is 12.5. The lowest BCUT2D eigenvalue weighted by molar-refractivity contribution is 0.00729. The predicted octanol–water partition coefficient (Wildman–Crippen LogP) is 6.37. The minimum atomic E-state index is -1.81. The van der Waals surface area contributed by atoms with Crippen molar-refractivity contribution in [3.8, 4) is 11.3 Å². The summed E-state index contributed by atoms with van der Waals surface area (Å²) in [7, 11) is -1.81. The summed E-state index contributed by atoms with van der Waals surface area (Å²) in [5, 5.41) is 3.68. The number of hydrogen-bond acceptors (Lipinski definition) is 5. The Morgan fingerprint density at radius 3 is 2.42 bits per heavy atom. The Hall–Kier alpha value is -1.54. The fourth-order valence-electron chi connectivity index (χ4n) is 5.40. The third kappa shape index (κ3) is 4.33. The highest BCUT2D eigenvalue weighted by Crippen LogP contribution is 2.42. The van der Waals surface area contributed by atoms with E-state index in [0.29, 0.717) is 5.92 Å². The zero-order valence-electron chi connectivity index (χ0n) is 20.8. The summed E-state index contributed by atoms with van der Waals surface area (Å²) in [6.45, 7) is 16.0. The summed E-state index contributed by atoms with van der Waals surface area (Å²) in [5.41, 5.74) is 6.81. The van der Waals surface area contributed by atoms with Crippen molar-refractivity contribution >= 4 is 30.6 Å². The van der Waals surface area contributed by atoms with Crippen molar-refractivity contribution in [1.82, 2.24) is 19.1 Å². The van der Waals surface area contributed by atoms with Crippen LogP contribution < -0.4 is 0 Å². The van der Waals surface area contributed by atoms with Crippen LogP contribution in [0, 0.1) is 0 Å². The molecule has 5 nitrogen and oxygen atoms in total. The van der Waals surface area contributed by atoms with E-state index in [1.807, 2.05) is 5.51 Å². The Morgan fingerprint density at radius 1 is 1.06 bits per heavy atom. The zero-order chi connectivity index (χ0) is 23.2. The third-order valence-electron chi connectivity index (χ3n) is 8.54. The van der Waals surface area contributed by atoms with Gasteiger partial charge < -0.3 is 8.97 Å². The van der Waals surface area contributed by atoms with Crippen molar-refractivity contribution in [2.75, 3.05) is 26.3 Å². The molecule has 1 saturated carbocycles. The van der Waals surface area contributed by atoms with Crippen molar-refractivity contribution in [3.05, 3.63) is 34.9 Å². The fraction of sp³-hybridized carbons (Fsp3) is 0.615. The van der Waals surface area contributed by atoms with Gasteiger partial charge in [0.15, 0.2) is 8.24 Å². The van der Waals surface area contributed by atoms with Crippen LogP contribution in [0.1, 0.15) is 57.9 Å². The molecule has 1 aliphatic heterocycles. The molecule has 0 bridgehead atoms. The molecule has 1 saturated heterocycles. The summed E-state index contributed by atoms with van der Waals surface area (Å²) in [5.74, 6) is 0.610. The highest BCUT2D eigenvalue weighted by atomic mass is 32.1. The smallest absolute Gasteiger partial charge is 0.163 e. The molecule has 0 aromatic carbocycles. The largest absolute Gasteiger partial charge is 0.379 e. The molecule has 33 heavy (non-hydrogen) atoms. The van der Waals surface area contributed by atoms with Crippen molar-refractivity contribution in [1.29, 1.82) is 0 Å². The number of fused-ring (bicyclic) bond motifs is 1. The second-order valence-electron chi connectivity index (χ2n) is 11.4. The van der Waals surface area contributed by atoms with Gasteiger partial charge in [0.25, 0.3) is 0 Å². The Labute approximate surface area is 203 Å². The minimum Gasteiger partial charge on any atom is -0.379 e. The topological polar surface area (TPSA) is 43.2 Å². The van der Waals surface area contributed by atoms with Crippen LogP contribution in [0.5, 0.6) is 0 Å². The van der Waals surface area contributed by atoms with Crippen molar-refractivity contribution < 1.29 is 4.74 Å². The second kappa shape index (κ2) is 8.91. The monoisotopic (exact) mass is 482 g/mol. The molecule has 0 atom stereocenters. The van der Waals surface area contributed by atoms with Crippen LogP contribution in [0.4, 0.5) is 0 Å². The van der Waals surface area contributed by atoms with E-state index in [-0.39, 0.29) is 5.04 Å². The van der Waals surface area contributed by atoms with Gasteiger partial charge in [-0.1, -0.05) is 33.9 Å². The zero-order valence-corrected chi connectivity index (χ0v) is 22.6. The number of rotatable bonds is 4. The van der Waals surface area contributed by atoms with Crippen LogP contribution in [0.15, 0.2) is 29.4 Å². The van der Waals surface area contributed by atoms with E-state index in [1.165, 1.54) is 42.2 Å². The number of aromatic nitrogens is 3. The molecule has 3 aromatic rings. The van der Waals surface area contributed by atoms with Gasteiger partial charge >= 0.3 is 0 Å². The fourth-order valence-corrected chi connectivity index (χ4v) is 7.84. The second-order valence-corrected chi connectivity index (χ2v) is 17.2. The third-order valence-corrected chi connectivity index (χ3v) is 14.3. The lowest BCUT2D eigenvalue weighted by atomic mass is 9.81. The number of morpholine rings is 1. The number of nitrogens with zero attached hydrogens (tertiary/aromatic N) is 4. The van der Waals surface area contributed by atoms with Gasteiger partial charge in [-0.3, -0.25) is 4.90 Å².